The normalized spacial score (nSPS) is 10.8. The summed E-state index contributed by atoms with van der Waals surface area (Å²) in [4.78, 5) is 22.5. The van der Waals surface area contributed by atoms with Crippen LogP contribution in [0.25, 0.3) is 16.9 Å². The van der Waals surface area contributed by atoms with Gasteiger partial charge in [0.2, 0.25) is 11.8 Å². The Balaban J connectivity index is 2.17. The molecule has 8 heteroatoms. The van der Waals surface area contributed by atoms with Crippen LogP contribution in [0.5, 0.6) is 5.88 Å². The Morgan fingerprint density at radius 2 is 1.90 bits per heavy atom. The smallest absolute Gasteiger partial charge is 0.335 e. The number of aromatic carboxylic acids is 1. The summed E-state index contributed by atoms with van der Waals surface area (Å²) in [5, 5.41) is 18.5. The number of rotatable bonds is 2. The van der Waals surface area contributed by atoms with Gasteiger partial charge >= 0.3 is 5.97 Å². The molecule has 3 aromatic rings. The molecule has 0 radical (unpaired) electrons. The molecule has 2 heterocycles. The standard InChI is InChI=1S/C12H9N5O3/c13-12-15-9-8(10(18)16-12)14-5-17(9)7-3-1-6(2-4-7)11(19)20/h1-5H,(H,19,20)(H3,13,15,16,18). The average molecular weight is 271 g/mol. The van der Waals surface area contributed by atoms with Gasteiger partial charge in [-0.15, -0.1) is 0 Å². The summed E-state index contributed by atoms with van der Waals surface area (Å²) in [5.74, 6) is -1.37. The maximum Gasteiger partial charge on any atom is 0.335 e. The largest absolute Gasteiger partial charge is 0.492 e. The van der Waals surface area contributed by atoms with Crippen molar-refractivity contribution in [1.82, 2.24) is 19.5 Å². The molecule has 0 aliphatic rings. The number of carbonyl (C=O) groups is 1. The van der Waals surface area contributed by atoms with Crippen molar-refractivity contribution in [1.29, 1.82) is 0 Å². The zero-order valence-electron chi connectivity index (χ0n) is 10.1. The van der Waals surface area contributed by atoms with Gasteiger partial charge in [-0.3, -0.25) is 4.57 Å². The highest BCUT2D eigenvalue weighted by molar-refractivity contribution is 5.88. The van der Waals surface area contributed by atoms with Crippen LogP contribution < -0.4 is 5.73 Å². The number of benzene rings is 1. The molecule has 0 amide bonds. The van der Waals surface area contributed by atoms with E-state index < -0.39 is 5.97 Å². The third-order valence-electron chi connectivity index (χ3n) is 2.79. The van der Waals surface area contributed by atoms with E-state index in [0.29, 0.717) is 11.3 Å². The lowest BCUT2D eigenvalue weighted by atomic mass is 10.2. The number of carboxylic acids is 1. The highest BCUT2D eigenvalue weighted by Crippen LogP contribution is 2.23. The molecule has 1 aromatic carbocycles. The first-order chi connectivity index (χ1) is 9.56. The minimum atomic E-state index is -1.00. The number of nitrogen functional groups attached to an aromatic ring is 1. The summed E-state index contributed by atoms with van der Waals surface area (Å²) in [5.41, 5.74) is 6.89. The van der Waals surface area contributed by atoms with Crippen LogP contribution in [-0.2, 0) is 0 Å². The van der Waals surface area contributed by atoms with Gasteiger partial charge in [0, 0.05) is 5.69 Å². The molecule has 0 unspecified atom stereocenters. The average Bonchev–Trinajstić information content (AvgIpc) is 2.82. The van der Waals surface area contributed by atoms with Crippen LogP contribution in [0.2, 0.25) is 0 Å². The van der Waals surface area contributed by atoms with Crippen molar-refractivity contribution in [3.05, 3.63) is 36.2 Å². The van der Waals surface area contributed by atoms with E-state index in [1.807, 2.05) is 0 Å². The summed E-state index contributed by atoms with van der Waals surface area (Å²) in [7, 11) is 0. The summed E-state index contributed by atoms with van der Waals surface area (Å²) >= 11 is 0. The number of hydrogen-bond acceptors (Lipinski definition) is 6. The molecule has 0 aliphatic heterocycles. The first kappa shape index (κ1) is 11.9. The molecule has 0 saturated carbocycles. The van der Waals surface area contributed by atoms with Crippen LogP contribution in [0.1, 0.15) is 10.4 Å². The third-order valence-corrected chi connectivity index (χ3v) is 2.79. The Bertz CT molecular complexity index is 810. The lowest BCUT2D eigenvalue weighted by Gasteiger charge is -2.04. The van der Waals surface area contributed by atoms with Gasteiger partial charge < -0.3 is 15.9 Å². The monoisotopic (exact) mass is 271 g/mol. The molecule has 4 N–H and O–H groups in total. The van der Waals surface area contributed by atoms with Crippen molar-refractivity contribution in [3.8, 4) is 11.6 Å². The maximum absolute atomic E-state index is 10.8. The number of fused-ring (bicyclic) bond motifs is 1. The van der Waals surface area contributed by atoms with Gasteiger partial charge in [-0.1, -0.05) is 0 Å². The zero-order valence-corrected chi connectivity index (χ0v) is 10.1. The molecule has 100 valence electrons. The fraction of sp³-hybridized carbons (Fsp3) is 0. The second-order valence-electron chi connectivity index (χ2n) is 4.04. The number of hydrogen-bond donors (Lipinski definition) is 3. The topological polar surface area (TPSA) is 127 Å². The number of anilines is 1. The Kier molecular flexibility index (Phi) is 2.50. The van der Waals surface area contributed by atoms with Crippen LogP contribution in [-0.4, -0.2) is 35.7 Å². The van der Waals surface area contributed by atoms with Gasteiger partial charge in [0.1, 0.15) is 6.33 Å². The van der Waals surface area contributed by atoms with Crippen molar-refractivity contribution in [3.63, 3.8) is 0 Å². The van der Waals surface area contributed by atoms with E-state index in [1.165, 1.54) is 18.5 Å². The molecule has 3 rings (SSSR count). The minimum Gasteiger partial charge on any atom is -0.492 e. The predicted octanol–water partition coefficient (Wildman–Crippen LogP) is 0.801. The third kappa shape index (κ3) is 1.79. The number of nitrogens with zero attached hydrogens (tertiary/aromatic N) is 4. The molecule has 0 bridgehead atoms. The summed E-state index contributed by atoms with van der Waals surface area (Å²) in [6.07, 6.45) is 1.45. The first-order valence-electron chi connectivity index (χ1n) is 5.59. The first-order valence-corrected chi connectivity index (χ1v) is 5.59. The predicted molar refractivity (Wildman–Crippen MR) is 69.7 cm³/mol. The highest BCUT2D eigenvalue weighted by atomic mass is 16.4. The summed E-state index contributed by atoms with van der Waals surface area (Å²) in [6.45, 7) is 0. The van der Waals surface area contributed by atoms with Crippen molar-refractivity contribution in [2.75, 3.05) is 5.73 Å². The minimum absolute atomic E-state index is 0.0705. The molecule has 0 aliphatic carbocycles. The fourth-order valence-electron chi connectivity index (χ4n) is 1.86. The quantitative estimate of drug-likeness (QED) is 0.629. The molecule has 8 nitrogen and oxygen atoms in total. The van der Waals surface area contributed by atoms with Gasteiger partial charge in [-0.25, -0.2) is 9.78 Å². The van der Waals surface area contributed by atoms with Crippen LogP contribution in [0, 0.1) is 0 Å². The number of nitrogens with two attached hydrogens (primary N) is 1. The van der Waals surface area contributed by atoms with E-state index in [0.717, 1.165) is 0 Å². The van der Waals surface area contributed by atoms with Crippen LogP contribution in [0.4, 0.5) is 5.95 Å². The Hall–Kier alpha value is -3.16. The summed E-state index contributed by atoms with van der Waals surface area (Å²) in [6, 6.07) is 6.15. The van der Waals surface area contributed by atoms with E-state index in [4.69, 9.17) is 10.8 Å². The molecule has 0 atom stereocenters. The van der Waals surface area contributed by atoms with Gasteiger partial charge in [0.25, 0.3) is 0 Å². The van der Waals surface area contributed by atoms with E-state index in [-0.39, 0.29) is 22.9 Å². The van der Waals surface area contributed by atoms with E-state index in [2.05, 4.69) is 15.0 Å². The Morgan fingerprint density at radius 3 is 2.55 bits per heavy atom. The molecular formula is C12H9N5O3. The second-order valence-corrected chi connectivity index (χ2v) is 4.04. The van der Waals surface area contributed by atoms with Gasteiger partial charge in [0.15, 0.2) is 11.2 Å². The fourth-order valence-corrected chi connectivity index (χ4v) is 1.86. The Labute approximate surface area is 112 Å². The van der Waals surface area contributed by atoms with E-state index in [9.17, 15) is 9.90 Å². The number of imidazole rings is 1. The number of aromatic nitrogens is 4. The lowest BCUT2D eigenvalue weighted by molar-refractivity contribution is 0.0697. The second kappa shape index (κ2) is 4.19. The highest BCUT2D eigenvalue weighted by Gasteiger charge is 2.12. The molecular weight excluding hydrogens is 262 g/mol. The summed E-state index contributed by atoms with van der Waals surface area (Å²) < 4.78 is 1.58. The molecule has 0 fully saturated rings. The van der Waals surface area contributed by atoms with E-state index >= 15 is 0 Å². The molecule has 2 aromatic heterocycles. The zero-order chi connectivity index (χ0) is 14.3. The number of aromatic hydroxyl groups is 1. The SMILES string of the molecule is Nc1nc(O)c2ncn(-c3ccc(C(=O)O)cc3)c2n1. The molecule has 20 heavy (non-hydrogen) atoms. The molecule has 0 spiro atoms. The van der Waals surface area contributed by atoms with Crippen molar-refractivity contribution < 1.29 is 15.0 Å². The number of carboxylic acid groups (broad SMARTS) is 1. The van der Waals surface area contributed by atoms with Crippen LogP contribution in [0.15, 0.2) is 30.6 Å². The van der Waals surface area contributed by atoms with Crippen LogP contribution >= 0.6 is 0 Å². The van der Waals surface area contributed by atoms with Gasteiger partial charge in [0.05, 0.1) is 5.56 Å². The Morgan fingerprint density at radius 1 is 1.20 bits per heavy atom. The van der Waals surface area contributed by atoms with Crippen molar-refractivity contribution >= 4 is 23.1 Å². The van der Waals surface area contributed by atoms with Crippen LogP contribution in [0.3, 0.4) is 0 Å². The van der Waals surface area contributed by atoms with Crippen molar-refractivity contribution in [2.24, 2.45) is 0 Å². The van der Waals surface area contributed by atoms with Gasteiger partial charge in [-0.05, 0) is 24.3 Å². The maximum atomic E-state index is 10.8. The van der Waals surface area contributed by atoms with Crippen molar-refractivity contribution in [2.45, 2.75) is 0 Å². The molecule has 0 saturated heterocycles. The van der Waals surface area contributed by atoms with E-state index in [1.54, 1.807) is 16.7 Å². The van der Waals surface area contributed by atoms with Gasteiger partial charge in [-0.2, -0.15) is 9.97 Å². The lowest BCUT2D eigenvalue weighted by Crippen LogP contribution is -2.00.